The standard InChI is InChI=1S/C21H13BrN4OS/c22-15-8-6-13(7-9-15)18(27)12-28-21-17(11-24)19(14-4-2-1-3-5-14)16(10-23)20(25)26-21/h1-9H,12H2,(H2,25,26). The summed E-state index contributed by atoms with van der Waals surface area (Å²) >= 11 is 4.47. The van der Waals surface area contributed by atoms with Gasteiger partial charge in [-0.05, 0) is 17.7 Å². The number of benzene rings is 2. The van der Waals surface area contributed by atoms with Gasteiger partial charge < -0.3 is 5.73 Å². The summed E-state index contributed by atoms with van der Waals surface area (Å²) in [7, 11) is 0. The lowest BCUT2D eigenvalue weighted by atomic mass is 9.97. The lowest BCUT2D eigenvalue weighted by Gasteiger charge is -2.12. The zero-order chi connectivity index (χ0) is 20.1. The van der Waals surface area contributed by atoms with E-state index in [9.17, 15) is 15.3 Å². The van der Waals surface area contributed by atoms with Gasteiger partial charge in [-0.25, -0.2) is 4.98 Å². The van der Waals surface area contributed by atoms with Gasteiger partial charge >= 0.3 is 0 Å². The van der Waals surface area contributed by atoms with Crippen LogP contribution in [0.5, 0.6) is 0 Å². The molecule has 2 N–H and O–H groups in total. The molecule has 0 amide bonds. The Kier molecular flexibility index (Phi) is 6.10. The van der Waals surface area contributed by atoms with Crippen LogP contribution < -0.4 is 5.73 Å². The largest absolute Gasteiger partial charge is 0.383 e. The number of hydrogen-bond acceptors (Lipinski definition) is 6. The van der Waals surface area contributed by atoms with Crippen molar-refractivity contribution in [3.63, 3.8) is 0 Å². The maximum Gasteiger partial charge on any atom is 0.173 e. The van der Waals surface area contributed by atoms with Crippen molar-refractivity contribution >= 4 is 39.3 Å². The normalized spacial score (nSPS) is 10.1. The van der Waals surface area contributed by atoms with E-state index >= 15 is 0 Å². The van der Waals surface area contributed by atoms with Gasteiger partial charge in [-0.2, -0.15) is 10.5 Å². The van der Waals surface area contributed by atoms with Crippen molar-refractivity contribution in [1.82, 2.24) is 4.98 Å². The summed E-state index contributed by atoms with van der Waals surface area (Å²) in [5.41, 5.74) is 8.09. The monoisotopic (exact) mass is 448 g/mol. The van der Waals surface area contributed by atoms with E-state index in [1.54, 1.807) is 36.4 Å². The minimum absolute atomic E-state index is 0.0407. The summed E-state index contributed by atoms with van der Waals surface area (Å²) < 4.78 is 0.887. The number of carbonyl (C=O) groups is 1. The Morgan fingerprint density at radius 1 is 1.04 bits per heavy atom. The van der Waals surface area contributed by atoms with Crippen LogP contribution in [-0.2, 0) is 0 Å². The average Bonchev–Trinajstić information content (AvgIpc) is 2.72. The van der Waals surface area contributed by atoms with E-state index in [2.05, 4.69) is 27.0 Å². The first kappa shape index (κ1) is 19.6. The van der Waals surface area contributed by atoms with Crippen molar-refractivity contribution in [2.24, 2.45) is 0 Å². The van der Waals surface area contributed by atoms with Crippen LogP contribution >= 0.6 is 27.7 Å². The molecule has 7 heteroatoms. The number of anilines is 1. The van der Waals surface area contributed by atoms with Crippen molar-refractivity contribution in [3.05, 3.63) is 75.8 Å². The Labute approximate surface area is 175 Å². The number of Topliss-reactive ketones (excluding diaryl/α,β-unsaturated/α-hetero) is 1. The van der Waals surface area contributed by atoms with Crippen LogP contribution in [0.4, 0.5) is 5.82 Å². The maximum atomic E-state index is 12.5. The highest BCUT2D eigenvalue weighted by atomic mass is 79.9. The Morgan fingerprint density at radius 3 is 2.29 bits per heavy atom. The van der Waals surface area contributed by atoms with E-state index in [1.165, 1.54) is 0 Å². The fourth-order valence-electron chi connectivity index (χ4n) is 2.65. The molecule has 0 fully saturated rings. The molecule has 0 atom stereocenters. The minimum Gasteiger partial charge on any atom is -0.383 e. The average molecular weight is 449 g/mol. The summed E-state index contributed by atoms with van der Waals surface area (Å²) in [4.78, 5) is 16.7. The summed E-state index contributed by atoms with van der Waals surface area (Å²) in [5.74, 6) is 0.0504. The summed E-state index contributed by atoms with van der Waals surface area (Å²) in [6.45, 7) is 0. The Morgan fingerprint density at radius 2 is 1.68 bits per heavy atom. The first-order valence-electron chi connectivity index (χ1n) is 8.15. The lowest BCUT2D eigenvalue weighted by Crippen LogP contribution is -2.06. The molecule has 1 aromatic heterocycles. The Bertz CT molecular complexity index is 1120. The number of carbonyl (C=O) groups excluding carboxylic acids is 1. The fraction of sp³-hybridized carbons (Fsp3) is 0.0476. The third kappa shape index (κ3) is 4.07. The number of pyridine rings is 1. The molecule has 0 aliphatic heterocycles. The van der Waals surface area contributed by atoms with Crippen LogP contribution in [0.1, 0.15) is 21.5 Å². The summed E-state index contributed by atoms with van der Waals surface area (Å²) in [5, 5.41) is 19.6. The predicted octanol–water partition coefficient (Wildman–Crippen LogP) is 4.81. The molecule has 2 aromatic carbocycles. The van der Waals surface area contributed by atoms with Gasteiger partial charge in [-0.15, -0.1) is 0 Å². The smallest absolute Gasteiger partial charge is 0.173 e. The summed E-state index contributed by atoms with van der Waals surface area (Å²) in [6.07, 6.45) is 0. The second kappa shape index (κ2) is 8.71. The van der Waals surface area contributed by atoms with E-state index in [0.717, 1.165) is 16.2 Å². The predicted molar refractivity (Wildman–Crippen MR) is 113 cm³/mol. The van der Waals surface area contributed by atoms with Crippen LogP contribution in [0.2, 0.25) is 0 Å². The maximum absolute atomic E-state index is 12.5. The molecule has 0 unspecified atom stereocenters. The van der Waals surface area contributed by atoms with Crippen LogP contribution in [0, 0.1) is 22.7 Å². The SMILES string of the molecule is N#Cc1c(N)nc(SCC(=O)c2ccc(Br)cc2)c(C#N)c1-c1ccccc1. The number of nitriles is 2. The number of nitrogens with two attached hydrogens (primary N) is 1. The lowest BCUT2D eigenvalue weighted by molar-refractivity contribution is 0.102. The van der Waals surface area contributed by atoms with Gasteiger partial charge in [0.05, 0.1) is 11.3 Å². The molecule has 28 heavy (non-hydrogen) atoms. The van der Waals surface area contributed by atoms with Crippen molar-refractivity contribution in [1.29, 1.82) is 10.5 Å². The van der Waals surface area contributed by atoms with Crippen molar-refractivity contribution < 1.29 is 4.79 Å². The van der Waals surface area contributed by atoms with Crippen LogP contribution in [0.25, 0.3) is 11.1 Å². The van der Waals surface area contributed by atoms with E-state index < -0.39 is 0 Å². The molecular weight excluding hydrogens is 436 g/mol. The molecule has 0 saturated heterocycles. The highest BCUT2D eigenvalue weighted by Gasteiger charge is 2.21. The van der Waals surface area contributed by atoms with Crippen LogP contribution in [0.15, 0.2) is 64.1 Å². The molecule has 0 spiro atoms. The molecule has 0 aliphatic carbocycles. The first-order chi connectivity index (χ1) is 13.5. The second-order valence-corrected chi connectivity index (χ2v) is 7.62. The first-order valence-corrected chi connectivity index (χ1v) is 9.93. The number of hydrogen-bond donors (Lipinski definition) is 1. The molecule has 0 aliphatic rings. The third-order valence-electron chi connectivity index (χ3n) is 3.98. The molecule has 3 rings (SSSR count). The van der Waals surface area contributed by atoms with Crippen molar-refractivity contribution in [2.45, 2.75) is 5.03 Å². The van der Waals surface area contributed by atoms with E-state index in [1.807, 2.05) is 24.3 Å². The van der Waals surface area contributed by atoms with E-state index in [4.69, 9.17) is 5.73 Å². The van der Waals surface area contributed by atoms with E-state index in [0.29, 0.717) is 21.7 Å². The number of thioether (sulfide) groups is 1. The second-order valence-electron chi connectivity index (χ2n) is 5.74. The molecule has 1 heterocycles. The molecule has 5 nitrogen and oxygen atoms in total. The third-order valence-corrected chi connectivity index (χ3v) is 5.49. The molecule has 136 valence electrons. The highest BCUT2D eigenvalue weighted by Crippen LogP contribution is 2.35. The van der Waals surface area contributed by atoms with Crippen LogP contribution in [0.3, 0.4) is 0 Å². The molecule has 3 aromatic rings. The number of aromatic nitrogens is 1. The molecule has 0 radical (unpaired) electrons. The van der Waals surface area contributed by atoms with Crippen molar-refractivity contribution in [2.75, 3.05) is 11.5 Å². The zero-order valence-corrected chi connectivity index (χ0v) is 16.9. The van der Waals surface area contributed by atoms with Gasteiger partial charge in [0, 0.05) is 15.6 Å². The minimum atomic E-state index is -0.0904. The van der Waals surface area contributed by atoms with E-state index in [-0.39, 0.29) is 28.5 Å². The number of nitrogens with zero attached hydrogens (tertiary/aromatic N) is 3. The highest BCUT2D eigenvalue weighted by molar-refractivity contribution is 9.10. The van der Waals surface area contributed by atoms with Gasteiger partial charge in [0.1, 0.15) is 28.5 Å². The molecule has 0 saturated carbocycles. The Hall–Kier alpha value is -3.13. The Balaban J connectivity index is 1.99. The van der Waals surface area contributed by atoms with Gasteiger partial charge in [-0.3, -0.25) is 4.79 Å². The van der Waals surface area contributed by atoms with Gasteiger partial charge in [0.2, 0.25) is 0 Å². The molecule has 0 bridgehead atoms. The molecular formula is C21H13BrN4OS. The van der Waals surface area contributed by atoms with Crippen LogP contribution in [-0.4, -0.2) is 16.5 Å². The van der Waals surface area contributed by atoms with Crippen molar-refractivity contribution in [3.8, 4) is 23.3 Å². The number of ketones is 1. The topological polar surface area (TPSA) is 104 Å². The number of halogens is 1. The fourth-order valence-corrected chi connectivity index (χ4v) is 3.80. The summed E-state index contributed by atoms with van der Waals surface area (Å²) in [6, 6.07) is 20.3. The zero-order valence-electron chi connectivity index (χ0n) is 14.5. The quantitative estimate of drug-likeness (QED) is 0.443. The van der Waals surface area contributed by atoms with Gasteiger partial charge in [-0.1, -0.05) is 70.2 Å². The van der Waals surface area contributed by atoms with Gasteiger partial charge in [0.15, 0.2) is 5.78 Å². The van der Waals surface area contributed by atoms with Gasteiger partial charge in [0.25, 0.3) is 0 Å². The number of nitrogen functional groups attached to an aromatic ring is 1. The number of rotatable bonds is 5.